The molecule has 0 radical (unpaired) electrons. The van der Waals surface area contributed by atoms with Gasteiger partial charge in [0, 0.05) is 46.0 Å². The van der Waals surface area contributed by atoms with Gasteiger partial charge in [-0.3, -0.25) is 4.79 Å². The molecule has 0 aliphatic carbocycles. The van der Waals surface area contributed by atoms with E-state index in [0.29, 0.717) is 13.1 Å². The number of nitrogens with zero attached hydrogens (tertiary/aromatic N) is 4. The molecule has 0 saturated carbocycles. The minimum absolute atomic E-state index is 0.0204. The van der Waals surface area contributed by atoms with Gasteiger partial charge < -0.3 is 10.0 Å². The molecule has 0 unspecified atom stereocenters. The van der Waals surface area contributed by atoms with Gasteiger partial charge in [0.25, 0.3) is 16.1 Å². The number of hydrogen-bond acceptors (Lipinski definition) is 5. The summed E-state index contributed by atoms with van der Waals surface area (Å²) in [5.74, 6) is -0.402. The van der Waals surface area contributed by atoms with Crippen LogP contribution in [0.3, 0.4) is 0 Å². The van der Waals surface area contributed by atoms with Crippen molar-refractivity contribution < 1.29 is 18.3 Å². The van der Waals surface area contributed by atoms with Gasteiger partial charge in [0.1, 0.15) is 5.75 Å². The lowest BCUT2D eigenvalue weighted by atomic mass is 9.94. The monoisotopic (exact) mass is 354 g/mol. The highest BCUT2D eigenvalue weighted by atomic mass is 32.2. The Morgan fingerprint density at radius 1 is 1.29 bits per heavy atom. The molecule has 2 bridgehead atoms. The molecule has 3 fully saturated rings. The summed E-state index contributed by atoms with van der Waals surface area (Å²) in [6, 6.07) is 2.79. The van der Waals surface area contributed by atoms with Gasteiger partial charge in [-0.1, -0.05) is 0 Å². The van der Waals surface area contributed by atoms with Crippen LogP contribution in [0.15, 0.2) is 18.3 Å². The lowest BCUT2D eigenvalue weighted by molar-refractivity contribution is 0.0579. The summed E-state index contributed by atoms with van der Waals surface area (Å²) in [5, 5.41) is 9.88. The van der Waals surface area contributed by atoms with Crippen LogP contribution in [0.5, 0.6) is 5.75 Å². The van der Waals surface area contributed by atoms with Crippen molar-refractivity contribution in [2.24, 2.45) is 5.92 Å². The summed E-state index contributed by atoms with van der Waals surface area (Å²) in [6.45, 7) is 1.17. The zero-order valence-corrected chi connectivity index (χ0v) is 14.6. The van der Waals surface area contributed by atoms with Crippen molar-refractivity contribution in [3.8, 4) is 5.75 Å². The van der Waals surface area contributed by atoms with Crippen molar-refractivity contribution in [2.75, 3.05) is 33.7 Å². The Morgan fingerprint density at radius 2 is 2.04 bits per heavy atom. The van der Waals surface area contributed by atoms with Gasteiger partial charge in [0.15, 0.2) is 5.69 Å². The molecule has 132 valence electrons. The topological polar surface area (TPSA) is 94.1 Å². The minimum Gasteiger partial charge on any atom is -0.505 e. The number of aromatic nitrogens is 1. The van der Waals surface area contributed by atoms with Gasteiger partial charge in [0.05, 0.1) is 0 Å². The fourth-order valence-electron chi connectivity index (χ4n) is 3.40. The number of hydrogen-bond donors (Lipinski definition) is 1. The van der Waals surface area contributed by atoms with E-state index in [2.05, 4.69) is 4.98 Å². The van der Waals surface area contributed by atoms with Gasteiger partial charge in [-0.05, 0) is 30.9 Å². The molecule has 0 spiro atoms. The summed E-state index contributed by atoms with van der Waals surface area (Å²) in [6.07, 6.45) is 3.11. The number of carbonyl (C=O) groups excluding carboxylic acids is 1. The highest BCUT2D eigenvalue weighted by Gasteiger charge is 2.42. The molecule has 24 heavy (non-hydrogen) atoms. The molecular formula is C15H22N4O4S. The van der Waals surface area contributed by atoms with Crippen LogP contribution in [0.25, 0.3) is 0 Å². The van der Waals surface area contributed by atoms with Gasteiger partial charge in [0.2, 0.25) is 0 Å². The summed E-state index contributed by atoms with van der Waals surface area (Å²) >= 11 is 0. The van der Waals surface area contributed by atoms with Crippen LogP contribution in [0.4, 0.5) is 0 Å². The predicted molar refractivity (Wildman–Crippen MR) is 87.6 cm³/mol. The third-order valence-corrected chi connectivity index (χ3v) is 6.59. The Kier molecular flexibility index (Phi) is 4.50. The van der Waals surface area contributed by atoms with Crippen LogP contribution in [-0.2, 0) is 10.2 Å². The van der Waals surface area contributed by atoms with E-state index in [9.17, 15) is 18.3 Å². The van der Waals surface area contributed by atoms with E-state index in [0.717, 1.165) is 12.8 Å². The van der Waals surface area contributed by atoms with Crippen molar-refractivity contribution in [2.45, 2.75) is 18.9 Å². The molecule has 9 heteroatoms. The van der Waals surface area contributed by atoms with Crippen molar-refractivity contribution in [3.63, 3.8) is 0 Å². The van der Waals surface area contributed by atoms with Crippen LogP contribution in [-0.4, -0.2) is 77.7 Å². The first-order chi connectivity index (χ1) is 11.3. The molecule has 8 nitrogen and oxygen atoms in total. The molecule has 4 rings (SSSR count). The number of carbonyl (C=O) groups is 1. The minimum atomic E-state index is -3.51. The Hall–Kier alpha value is -1.71. The quantitative estimate of drug-likeness (QED) is 0.833. The Bertz CT molecular complexity index is 737. The number of rotatable bonds is 3. The third-order valence-electron chi connectivity index (χ3n) is 4.72. The molecule has 4 heterocycles. The van der Waals surface area contributed by atoms with E-state index in [1.165, 1.54) is 35.0 Å². The summed E-state index contributed by atoms with van der Waals surface area (Å²) in [5.41, 5.74) is 0.0204. The first-order valence-electron chi connectivity index (χ1n) is 7.93. The summed E-state index contributed by atoms with van der Waals surface area (Å²) < 4.78 is 27.6. The average Bonchev–Trinajstić information content (AvgIpc) is 2.87. The Labute approximate surface area is 141 Å². The second kappa shape index (κ2) is 6.30. The maximum absolute atomic E-state index is 12.8. The largest absolute Gasteiger partial charge is 0.505 e. The van der Waals surface area contributed by atoms with E-state index in [-0.39, 0.29) is 35.9 Å². The van der Waals surface area contributed by atoms with E-state index >= 15 is 0 Å². The van der Waals surface area contributed by atoms with E-state index in [1.807, 2.05) is 0 Å². The van der Waals surface area contributed by atoms with E-state index in [4.69, 9.17) is 0 Å². The fourth-order valence-corrected chi connectivity index (χ4v) is 4.63. The second-order valence-corrected chi connectivity index (χ2v) is 8.68. The van der Waals surface area contributed by atoms with Crippen molar-refractivity contribution in [1.82, 2.24) is 18.5 Å². The molecule has 1 aromatic heterocycles. The maximum atomic E-state index is 12.8. The standard InChI is InChI=1S/C15H22N4O4S/c1-17(2)24(22,23)18-8-11-5-6-12(10-18)19(9-11)15(21)14-13(20)4-3-7-16-14/h3-4,7,11-12,20H,5-6,8-10H2,1-2H3/t11-,12+/m0/s1. The van der Waals surface area contributed by atoms with E-state index in [1.54, 1.807) is 11.0 Å². The van der Waals surface area contributed by atoms with E-state index < -0.39 is 10.2 Å². The van der Waals surface area contributed by atoms with Gasteiger partial charge in [-0.15, -0.1) is 0 Å². The summed E-state index contributed by atoms with van der Waals surface area (Å²) in [7, 11) is -0.486. The highest BCUT2D eigenvalue weighted by Crippen LogP contribution is 2.31. The van der Waals surface area contributed by atoms with Crippen LogP contribution in [0.2, 0.25) is 0 Å². The van der Waals surface area contributed by atoms with Crippen LogP contribution in [0.1, 0.15) is 23.3 Å². The van der Waals surface area contributed by atoms with Gasteiger partial charge in [-0.2, -0.15) is 17.0 Å². The fraction of sp³-hybridized carbons (Fsp3) is 0.600. The molecule has 3 aliphatic heterocycles. The lowest BCUT2D eigenvalue weighted by Gasteiger charge is -2.36. The van der Waals surface area contributed by atoms with Crippen molar-refractivity contribution >= 4 is 16.1 Å². The molecule has 2 atom stereocenters. The number of aromatic hydroxyl groups is 1. The average molecular weight is 354 g/mol. The van der Waals surface area contributed by atoms with Crippen LogP contribution < -0.4 is 0 Å². The van der Waals surface area contributed by atoms with Crippen LogP contribution in [0, 0.1) is 5.92 Å². The lowest BCUT2D eigenvalue weighted by Crippen LogP contribution is -2.48. The van der Waals surface area contributed by atoms with Crippen molar-refractivity contribution in [3.05, 3.63) is 24.0 Å². The predicted octanol–water partition coefficient (Wildman–Crippen LogP) is 0.130. The molecule has 3 saturated heterocycles. The molecule has 3 aliphatic rings. The molecule has 1 amide bonds. The second-order valence-electron chi connectivity index (χ2n) is 6.53. The molecule has 0 aromatic carbocycles. The first-order valence-corrected chi connectivity index (χ1v) is 9.33. The molecule has 1 aromatic rings. The highest BCUT2D eigenvalue weighted by molar-refractivity contribution is 7.86. The van der Waals surface area contributed by atoms with Crippen LogP contribution >= 0.6 is 0 Å². The third kappa shape index (κ3) is 2.99. The number of amides is 1. The number of pyridine rings is 1. The van der Waals surface area contributed by atoms with Crippen molar-refractivity contribution in [1.29, 1.82) is 0 Å². The first kappa shape index (κ1) is 17.1. The summed E-state index contributed by atoms with van der Waals surface area (Å²) in [4.78, 5) is 18.4. The Morgan fingerprint density at radius 3 is 2.71 bits per heavy atom. The Balaban J connectivity index is 1.87. The van der Waals surface area contributed by atoms with Gasteiger partial charge >= 0.3 is 0 Å². The smallest absolute Gasteiger partial charge is 0.281 e. The molecule has 1 N–H and O–H groups in total. The maximum Gasteiger partial charge on any atom is 0.281 e. The number of piperidine rings is 1. The SMILES string of the molecule is CN(C)S(=O)(=O)N1C[C@@H]2CC[C@H](C1)N(C(=O)c1ncccc1O)C2. The number of fused-ring (bicyclic) bond motifs is 4. The zero-order chi connectivity index (χ0) is 17.5. The van der Waals surface area contributed by atoms with Gasteiger partial charge in [-0.25, -0.2) is 4.98 Å². The normalized spacial score (nSPS) is 25.0. The zero-order valence-electron chi connectivity index (χ0n) is 13.8. The molecular weight excluding hydrogens is 332 g/mol.